The molecular weight excluding hydrogens is 368 g/mol. The average molecular weight is 389 g/mol. The molecule has 1 amide bonds. The van der Waals surface area contributed by atoms with Gasteiger partial charge >= 0.3 is 0 Å². The van der Waals surface area contributed by atoms with Crippen LogP contribution in [0.5, 0.6) is 0 Å². The molecular formula is C19H20N2O3S2. The lowest BCUT2D eigenvalue weighted by atomic mass is 10.1. The number of hydrogen-bond acceptors (Lipinski definition) is 4. The first-order valence-electron chi connectivity index (χ1n) is 8.07. The van der Waals surface area contributed by atoms with Crippen LogP contribution >= 0.6 is 11.3 Å². The van der Waals surface area contributed by atoms with E-state index in [-0.39, 0.29) is 12.3 Å². The van der Waals surface area contributed by atoms with Gasteiger partial charge in [0.15, 0.2) is 0 Å². The Labute approximate surface area is 157 Å². The second-order valence-corrected chi connectivity index (χ2v) is 8.92. The van der Waals surface area contributed by atoms with Crippen LogP contribution < -0.4 is 4.72 Å². The molecule has 0 saturated heterocycles. The van der Waals surface area contributed by atoms with E-state index >= 15 is 0 Å². The summed E-state index contributed by atoms with van der Waals surface area (Å²) in [6.45, 7) is 0.546. The van der Waals surface area contributed by atoms with Crippen LogP contribution in [0.3, 0.4) is 0 Å². The van der Waals surface area contributed by atoms with Crippen molar-refractivity contribution in [3.05, 3.63) is 65.0 Å². The molecule has 7 heteroatoms. The fourth-order valence-electron chi connectivity index (χ4n) is 2.77. The van der Waals surface area contributed by atoms with Gasteiger partial charge < -0.3 is 4.90 Å². The van der Waals surface area contributed by atoms with Crippen molar-refractivity contribution in [1.82, 2.24) is 4.90 Å². The van der Waals surface area contributed by atoms with Gasteiger partial charge in [0.1, 0.15) is 0 Å². The number of anilines is 1. The summed E-state index contributed by atoms with van der Waals surface area (Å²) in [5.74, 6) is -0.0169. The van der Waals surface area contributed by atoms with Gasteiger partial charge in [-0.1, -0.05) is 30.3 Å². The van der Waals surface area contributed by atoms with Gasteiger partial charge in [-0.25, -0.2) is 8.42 Å². The minimum Gasteiger partial charge on any atom is -0.341 e. The van der Waals surface area contributed by atoms with Gasteiger partial charge in [0.2, 0.25) is 15.9 Å². The van der Waals surface area contributed by atoms with Crippen LogP contribution in [0.25, 0.3) is 10.1 Å². The first-order valence-corrected chi connectivity index (χ1v) is 10.8. The monoisotopic (exact) mass is 388 g/mol. The van der Waals surface area contributed by atoms with Gasteiger partial charge in [0, 0.05) is 24.0 Å². The highest BCUT2D eigenvalue weighted by Crippen LogP contribution is 2.26. The molecule has 3 rings (SSSR count). The predicted octanol–water partition coefficient (Wildman–Crippen LogP) is 3.47. The maximum absolute atomic E-state index is 12.6. The molecule has 2 aromatic carbocycles. The Bertz CT molecular complexity index is 1040. The first kappa shape index (κ1) is 18.4. The molecule has 0 fully saturated rings. The number of fused-ring (bicyclic) bond motifs is 1. The molecule has 0 aliphatic heterocycles. The molecule has 0 saturated carbocycles. The summed E-state index contributed by atoms with van der Waals surface area (Å²) < 4.78 is 26.3. The average Bonchev–Trinajstić information content (AvgIpc) is 2.97. The Morgan fingerprint density at radius 2 is 1.92 bits per heavy atom. The van der Waals surface area contributed by atoms with Crippen LogP contribution in [0.1, 0.15) is 11.1 Å². The molecule has 5 nitrogen and oxygen atoms in total. The number of rotatable bonds is 6. The van der Waals surface area contributed by atoms with Crippen LogP contribution in [0.4, 0.5) is 5.69 Å². The third kappa shape index (κ3) is 4.62. The number of thiophene rings is 1. The molecule has 1 heterocycles. The molecule has 0 bridgehead atoms. The van der Waals surface area contributed by atoms with Gasteiger partial charge in [-0.3, -0.25) is 9.52 Å². The molecule has 0 atom stereocenters. The van der Waals surface area contributed by atoms with E-state index in [0.717, 1.165) is 17.4 Å². The van der Waals surface area contributed by atoms with Crippen molar-refractivity contribution in [2.24, 2.45) is 0 Å². The zero-order valence-corrected chi connectivity index (χ0v) is 16.2. The molecule has 0 radical (unpaired) electrons. The van der Waals surface area contributed by atoms with Crippen molar-refractivity contribution < 1.29 is 13.2 Å². The van der Waals surface area contributed by atoms with Crippen LogP contribution in [-0.4, -0.2) is 32.5 Å². The van der Waals surface area contributed by atoms with Gasteiger partial charge in [-0.05, 0) is 40.1 Å². The van der Waals surface area contributed by atoms with Crippen molar-refractivity contribution in [3.8, 4) is 0 Å². The van der Waals surface area contributed by atoms with E-state index in [1.165, 1.54) is 10.1 Å². The zero-order valence-electron chi connectivity index (χ0n) is 14.6. The van der Waals surface area contributed by atoms with E-state index in [9.17, 15) is 13.2 Å². The van der Waals surface area contributed by atoms with Crippen molar-refractivity contribution in [2.45, 2.75) is 13.0 Å². The first-order chi connectivity index (χ1) is 12.3. The molecule has 0 spiro atoms. The van der Waals surface area contributed by atoms with Crippen molar-refractivity contribution >= 4 is 43.0 Å². The lowest BCUT2D eigenvalue weighted by Gasteiger charge is -2.17. The molecule has 136 valence electrons. The lowest BCUT2D eigenvalue weighted by molar-refractivity contribution is -0.129. The maximum Gasteiger partial charge on any atom is 0.229 e. The van der Waals surface area contributed by atoms with Gasteiger partial charge in [0.05, 0.1) is 12.7 Å². The van der Waals surface area contributed by atoms with Crippen LogP contribution in [0.2, 0.25) is 0 Å². The van der Waals surface area contributed by atoms with E-state index < -0.39 is 10.0 Å². The minimum absolute atomic E-state index is 0.0169. The predicted molar refractivity (Wildman–Crippen MR) is 107 cm³/mol. The molecule has 26 heavy (non-hydrogen) atoms. The summed E-state index contributed by atoms with van der Waals surface area (Å²) in [6.07, 6.45) is 1.32. The number of hydrogen-bond donors (Lipinski definition) is 1. The highest BCUT2D eigenvalue weighted by Gasteiger charge is 2.13. The SMILES string of the molecule is CN(Cc1csc2ccccc12)C(=O)Cc1cccc(NS(C)(=O)=O)c1. The maximum atomic E-state index is 12.6. The van der Waals surface area contributed by atoms with Crippen molar-refractivity contribution in [1.29, 1.82) is 0 Å². The van der Waals surface area contributed by atoms with Gasteiger partial charge in [-0.15, -0.1) is 11.3 Å². The number of carbonyl (C=O) groups is 1. The Balaban J connectivity index is 1.69. The third-order valence-corrected chi connectivity index (χ3v) is 5.60. The second kappa shape index (κ2) is 7.47. The highest BCUT2D eigenvalue weighted by molar-refractivity contribution is 7.92. The van der Waals surface area contributed by atoms with Crippen LogP contribution in [0, 0.1) is 0 Å². The topological polar surface area (TPSA) is 66.5 Å². The summed E-state index contributed by atoms with van der Waals surface area (Å²) >= 11 is 1.68. The number of sulfonamides is 1. The Morgan fingerprint density at radius 1 is 1.15 bits per heavy atom. The van der Waals surface area contributed by atoms with Gasteiger partial charge in [-0.2, -0.15) is 0 Å². The summed E-state index contributed by atoms with van der Waals surface area (Å²) in [5.41, 5.74) is 2.36. The number of likely N-dealkylation sites (N-methyl/N-ethyl adjacent to an activating group) is 1. The molecule has 1 N–H and O–H groups in total. The smallest absolute Gasteiger partial charge is 0.229 e. The second-order valence-electron chi connectivity index (χ2n) is 6.26. The van der Waals surface area contributed by atoms with E-state index in [4.69, 9.17) is 0 Å². The normalized spacial score (nSPS) is 11.5. The highest BCUT2D eigenvalue weighted by atomic mass is 32.2. The molecule has 3 aromatic rings. The number of carbonyl (C=O) groups excluding carboxylic acids is 1. The lowest BCUT2D eigenvalue weighted by Crippen LogP contribution is -2.27. The molecule has 0 unspecified atom stereocenters. The standard InChI is InChI=1S/C19H20N2O3S2/c1-21(12-15-13-25-18-9-4-3-8-17(15)18)19(22)11-14-6-5-7-16(10-14)20-26(2,23)24/h3-10,13,20H,11-12H2,1-2H3. The van der Waals surface area contributed by atoms with E-state index in [2.05, 4.69) is 22.2 Å². The summed E-state index contributed by atoms with van der Waals surface area (Å²) in [5, 5.41) is 3.27. The number of amides is 1. The largest absolute Gasteiger partial charge is 0.341 e. The number of benzene rings is 2. The summed E-state index contributed by atoms with van der Waals surface area (Å²) in [6, 6.07) is 15.1. The van der Waals surface area contributed by atoms with E-state index in [1.807, 2.05) is 18.2 Å². The summed E-state index contributed by atoms with van der Waals surface area (Å²) in [4.78, 5) is 14.3. The van der Waals surface area contributed by atoms with Crippen molar-refractivity contribution in [3.63, 3.8) is 0 Å². The zero-order chi connectivity index (χ0) is 18.7. The van der Waals surface area contributed by atoms with E-state index in [1.54, 1.807) is 41.5 Å². The molecule has 0 aliphatic carbocycles. The van der Waals surface area contributed by atoms with Crippen molar-refractivity contribution in [2.75, 3.05) is 18.0 Å². The fraction of sp³-hybridized carbons (Fsp3) is 0.211. The van der Waals surface area contributed by atoms with E-state index in [0.29, 0.717) is 12.2 Å². The summed E-state index contributed by atoms with van der Waals surface area (Å²) in [7, 11) is -1.55. The Hall–Kier alpha value is -2.38. The Morgan fingerprint density at radius 3 is 2.69 bits per heavy atom. The fourth-order valence-corrected chi connectivity index (χ4v) is 4.28. The molecule has 1 aromatic heterocycles. The minimum atomic E-state index is -3.34. The number of nitrogens with one attached hydrogen (secondary N) is 1. The molecule has 0 aliphatic rings. The van der Waals surface area contributed by atoms with Crippen LogP contribution in [-0.2, 0) is 27.8 Å². The third-order valence-electron chi connectivity index (χ3n) is 3.98. The number of nitrogens with zero attached hydrogens (tertiary/aromatic N) is 1. The quantitative estimate of drug-likeness (QED) is 0.703. The van der Waals surface area contributed by atoms with Gasteiger partial charge in [0.25, 0.3) is 0 Å². The Kier molecular flexibility index (Phi) is 5.29. The van der Waals surface area contributed by atoms with Crippen LogP contribution in [0.15, 0.2) is 53.9 Å².